The summed E-state index contributed by atoms with van der Waals surface area (Å²) in [6, 6.07) is 0.465. The van der Waals surface area contributed by atoms with Crippen molar-refractivity contribution in [2.24, 2.45) is 17.6 Å². The predicted octanol–water partition coefficient (Wildman–Crippen LogP) is 3.28. The minimum absolute atomic E-state index is 0.465. The molecule has 1 rings (SSSR count). The largest absolute Gasteiger partial charge is 0.327 e. The van der Waals surface area contributed by atoms with Crippen LogP contribution in [-0.4, -0.2) is 18.1 Å². The molecule has 0 radical (unpaired) electrons. The third kappa shape index (κ3) is 3.47. The van der Waals surface area contributed by atoms with Crippen LogP contribution < -0.4 is 5.73 Å². The molecule has 1 aliphatic rings. The summed E-state index contributed by atoms with van der Waals surface area (Å²) in [7, 11) is 0. The molecule has 1 nitrogen and oxygen atoms in total. The van der Waals surface area contributed by atoms with Crippen molar-refractivity contribution in [3.8, 4) is 0 Å². The average molecular weight is 215 g/mol. The summed E-state index contributed by atoms with van der Waals surface area (Å²) in [5.41, 5.74) is 6.29. The van der Waals surface area contributed by atoms with E-state index in [4.69, 9.17) is 5.73 Å². The molecule has 1 aliphatic carbocycles. The van der Waals surface area contributed by atoms with E-state index in [2.05, 4.69) is 13.2 Å². The Morgan fingerprint density at radius 1 is 1.36 bits per heavy atom. The lowest BCUT2D eigenvalue weighted by Crippen LogP contribution is -2.37. The van der Waals surface area contributed by atoms with E-state index in [1.165, 1.54) is 44.3 Å². The van der Waals surface area contributed by atoms with E-state index < -0.39 is 0 Å². The van der Waals surface area contributed by atoms with Gasteiger partial charge in [-0.05, 0) is 36.7 Å². The van der Waals surface area contributed by atoms with Crippen LogP contribution in [0.4, 0.5) is 0 Å². The van der Waals surface area contributed by atoms with Gasteiger partial charge in [0.2, 0.25) is 0 Å². The Balaban J connectivity index is 2.37. The highest BCUT2D eigenvalue weighted by Gasteiger charge is 2.28. The van der Waals surface area contributed by atoms with E-state index in [1.807, 2.05) is 11.8 Å². The Labute approximate surface area is 93.2 Å². The van der Waals surface area contributed by atoms with Crippen molar-refractivity contribution < 1.29 is 0 Å². The monoisotopic (exact) mass is 215 g/mol. The predicted molar refractivity (Wildman–Crippen MR) is 66.7 cm³/mol. The molecule has 2 N–H and O–H groups in total. The molecule has 0 amide bonds. The Hall–Kier alpha value is 0.310. The van der Waals surface area contributed by atoms with Crippen LogP contribution in [0.2, 0.25) is 0 Å². The molecule has 2 heteroatoms. The molecule has 3 unspecified atom stereocenters. The second-order valence-corrected chi connectivity index (χ2v) is 5.55. The second-order valence-electron chi connectivity index (χ2n) is 4.56. The van der Waals surface area contributed by atoms with E-state index in [0.29, 0.717) is 6.04 Å². The standard InChI is InChI=1S/C12H25NS/c1-3-10-6-4-5-7-11(10)12(13)8-9-14-2/h10-12H,3-9,13H2,1-2H3. The molecule has 0 aromatic carbocycles. The molecule has 0 spiro atoms. The van der Waals surface area contributed by atoms with Crippen molar-refractivity contribution in [3.05, 3.63) is 0 Å². The van der Waals surface area contributed by atoms with Gasteiger partial charge in [-0.25, -0.2) is 0 Å². The highest BCUT2D eigenvalue weighted by atomic mass is 32.2. The quantitative estimate of drug-likeness (QED) is 0.761. The van der Waals surface area contributed by atoms with E-state index >= 15 is 0 Å². The molecule has 0 aliphatic heterocycles. The van der Waals surface area contributed by atoms with Crippen molar-refractivity contribution >= 4 is 11.8 Å². The van der Waals surface area contributed by atoms with Gasteiger partial charge >= 0.3 is 0 Å². The molecule has 0 saturated heterocycles. The van der Waals surface area contributed by atoms with Crippen LogP contribution in [0.3, 0.4) is 0 Å². The molecule has 3 atom stereocenters. The summed E-state index contributed by atoms with van der Waals surface area (Å²) in [5, 5.41) is 0. The van der Waals surface area contributed by atoms with Crippen molar-refractivity contribution in [3.63, 3.8) is 0 Å². The minimum atomic E-state index is 0.465. The van der Waals surface area contributed by atoms with Crippen LogP contribution in [0.5, 0.6) is 0 Å². The van der Waals surface area contributed by atoms with Gasteiger partial charge in [0.25, 0.3) is 0 Å². The molecule has 1 fully saturated rings. The number of nitrogens with two attached hydrogens (primary N) is 1. The highest BCUT2D eigenvalue weighted by Crippen LogP contribution is 2.34. The topological polar surface area (TPSA) is 26.0 Å². The Bertz CT molecular complexity index is 149. The summed E-state index contributed by atoms with van der Waals surface area (Å²) in [6.07, 6.45) is 10.4. The van der Waals surface area contributed by atoms with E-state index in [9.17, 15) is 0 Å². The average Bonchev–Trinajstić information content (AvgIpc) is 2.25. The molecular formula is C12H25NS. The van der Waals surface area contributed by atoms with Gasteiger partial charge in [-0.15, -0.1) is 0 Å². The molecule has 0 aromatic heterocycles. The number of hydrogen-bond donors (Lipinski definition) is 1. The lowest BCUT2D eigenvalue weighted by Gasteiger charge is -2.35. The third-order valence-corrected chi connectivity index (χ3v) is 4.34. The van der Waals surface area contributed by atoms with Crippen LogP contribution in [0, 0.1) is 11.8 Å². The van der Waals surface area contributed by atoms with Gasteiger partial charge in [-0.2, -0.15) is 11.8 Å². The Morgan fingerprint density at radius 3 is 2.71 bits per heavy atom. The zero-order chi connectivity index (χ0) is 10.4. The van der Waals surface area contributed by atoms with Crippen molar-refractivity contribution in [2.75, 3.05) is 12.0 Å². The van der Waals surface area contributed by atoms with Gasteiger partial charge in [0, 0.05) is 6.04 Å². The first kappa shape index (κ1) is 12.4. The lowest BCUT2D eigenvalue weighted by atomic mass is 9.74. The van der Waals surface area contributed by atoms with Gasteiger partial charge in [-0.3, -0.25) is 0 Å². The van der Waals surface area contributed by atoms with Crippen LogP contribution >= 0.6 is 11.8 Å². The number of hydrogen-bond acceptors (Lipinski definition) is 2. The maximum Gasteiger partial charge on any atom is 0.00776 e. The number of thioether (sulfide) groups is 1. The van der Waals surface area contributed by atoms with E-state index in [-0.39, 0.29) is 0 Å². The van der Waals surface area contributed by atoms with Crippen molar-refractivity contribution in [1.29, 1.82) is 0 Å². The SMILES string of the molecule is CCC1CCCCC1C(N)CCSC. The maximum absolute atomic E-state index is 6.29. The van der Waals surface area contributed by atoms with Gasteiger partial charge in [0.1, 0.15) is 0 Å². The highest BCUT2D eigenvalue weighted by molar-refractivity contribution is 7.98. The number of rotatable bonds is 5. The summed E-state index contributed by atoms with van der Waals surface area (Å²) >= 11 is 1.92. The first-order chi connectivity index (χ1) is 6.79. The molecule has 0 aromatic rings. The maximum atomic E-state index is 6.29. The van der Waals surface area contributed by atoms with Gasteiger partial charge in [-0.1, -0.05) is 32.6 Å². The minimum Gasteiger partial charge on any atom is -0.327 e. The third-order valence-electron chi connectivity index (χ3n) is 3.70. The van der Waals surface area contributed by atoms with E-state index in [0.717, 1.165) is 11.8 Å². The first-order valence-corrected chi connectivity index (χ1v) is 7.43. The van der Waals surface area contributed by atoms with Crippen LogP contribution in [-0.2, 0) is 0 Å². The van der Waals surface area contributed by atoms with Crippen molar-refractivity contribution in [2.45, 2.75) is 51.5 Å². The van der Waals surface area contributed by atoms with Crippen molar-refractivity contribution in [1.82, 2.24) is 0 Å². The summed E-state index contributed by atoms with van der Waals surface area (Å²) < 4.78 is 0. The molecule has 0 bridgehead atoms. The van der Waals surface area contributed by atoms with Crippen LogP contribution in [0.15, 0.2) is 0 Å². The van der Waals surface area contributed by atoms with Gasteiger partial charge in [0.05, 0.1) is 0 Å². The fourth-order valence-electron chi connectivity index (χ4n) is 2.77. The molecule has 14 heavy (non-hydrogen) atoms. The fourth-order valence-corrected chi connectivity index (χ4v) is 3.28. The normalized spacial score (nSPS) is 30.2. The van der Waals surface area contributed by atoms with Crippen LogP contribution in [0.25, 0.3) is 0 Å². The smallest absolute Gasteiger partial charge is 0.00776 e. The summed E-state index contributed by atoms with van der Waals surface area (Å²) in [5.74, 6) is 2.97. The van der Waals surface area contributed by atoms with Gasteiger partial charge < -0.3 is 5.73 Å². The van der Waals surface area contributed by atoms with Crippen LogP contribution in [0.1, 0.15) is 45.4 Å². The summed E-state index contributed by atoms with van der Waals surface area (Å²) in [4.78, 5) is 0. The molecule has 1 saturated carbocycles. The lowest BCUT2D eigenvalue weighted by molar-refractivity contribution is 0.193. The molecule has 84 valence electrons. The second kappa shape index (κ2) is 6.73. The first-order valence-electron chi connectivity index (χ1n) is 6.04. The zero-order valence-electron chi connectivity index (χ0n) is 9.67. The van der Waals surface area contributed by atoms with Gasteiger partial charge in [0.15, 0.2) is 0 Å². The fraction of sp³-hybridized carbons (Fsp3) is 1.00. The Kier molecular flexibility index (Phi) is 5.95. The zero-order valence-corrected chi connectivity index (χ0v) is 10.5. The molecular weight excluding hydrogens is 190 g/mol. The molecule has 0 heterocycles. The van der Waals surface area contributed by atoms with E-state index in [1.54, 1.807) is 0 Å². The Morgan fingerprint density at radius 2 is 2.07 bits per heavy atom. The summed E-state index contributed by atoms with van der Waals surface area (Å²) in [6.45, 7) is 2.32.